The molecule has 1 aromatic carbocycles. The Balaban J connectivity index is 1.49. The van der Waals surface area contributed by atoms with Gasteiger partial charge in [0, 0.05) is 10.9 Å². The normalized spacial score (nSPS) is 14.2. The first kappa shape index (κ1) is 18.0. The van der Waals surface area contributed by atoms with E-state index in [1.807, 2.05) is 11.4 Å². The highest BCUT2D eigenvalue weighted by Gasteiger charge is 2.32. The summed E-state index contributed by atoms with van der Waals surface area (Å²) in [6, 6.07) is 8.71. The fourth-order valence-electron chi connectivity index (χ4n) is 2.52. The summed E-state index contributed by atoms with van der Waals surface area (Å²) in [5.41, 5.74) is -0.454. The van der Waals surface area contributed by atoms with Crippen molar-refractivity contribution in [3.8, 4) is 16.5 Å². The third-order valence-corrected chi connectivity index (χ3v) is 5.38. The lowest BCUT2D eigenvalue weighted by atomic mass is 10.1. The molecule has 0 saturated heterocycles. The minimum atomic E-state index is -1.08. The van der Waals surface area contributed by atoms with Crippen molar-refractivity contribution < 1.29 is 14.1 Å². The maximum atomic E-state index is 12.8. The molecule has 3 aromatic rings. The van der Waals surface area contributed by atoms with E-state index >= 15 is 0 Å². The van der Waals surface area contributed by atoms with E-state index in [1.54, 1.807) is 38.1 Å². The molecule has 0 unspecified atom stereocenters. The summed E-state index contributed by atoms with van der Waals surface area (Å²) in [5, 5.41) is 9.43. The summed E-state index contributed by atoms with van der Waals surface area (Å²) in [7, 11) is 0. The Morgan fingerprint density at radius 3 is 2.74 bits per heavy atom. The molecule has 4 rings (SSSR count). The van der Waals surface area contributed by atoms with Crippen molar-refractivity contribution in [1.82, 2.24) is 10.1 Å². The van der Waals surface area contributed by atoms with Gasteiger partial charge in [-0.05, 0) is 62.4 Å². The molecule has 8 heteroatoms. The van der Waals surface area contributed by atoms with Crippen molar-refractivity contribution in [2.75, 3.05) is 5.32 Å². The van der Waals surface area contributed by atoms with E-state index in [2.05, 4.69) is 15.5 Å². The number of aromatic nitrogens is 2. The molecular formula is C19H18ClN3O3S. The van der Waals surface area contributed by atoms with E-state index in [0.29, 0.717) is 28.3 Å². The Kier molecular flexibility index (Phi) is 4.65. The van der Waals surface area contributed by atoms with Crippen LogP contribution in [-0.2, 0) is 4.79 Å². The van der Waals surface area contributed by atoms with Crippen molar-refractivity contribution in [2.45, 2.75) is 38.2 Å². The molecular weight excluding hydrogens is 386 g/mol. The van der Waals surface area contributed by atoms with Crippen LogP contribution in [-0.4, -0.2) is 21.6 Å². The van der Waals surface area contributed by atoms with Gasteiger partial charge in [0.1, 0.15) is 10.6 Å². The van der Waals surface area contributed by atoms with Gasteiger partial charge < -0.3 is 14.6 Å². The molecule has 140 valence electrons. The summed E-state index contributed by atoms with van der Waals surface area (Å²) < 4.78 is 11.2. The lowest BCUT2D eigenvalue weighted by molar-refractivity contribution is -0.128. The van der Waals surface area contributed by atoms with Gasteiger partial charge in [0.15, 0.2) is 11.4 Å². The third kappa shape index (κ3) is 3.99. The summed E-state index contributed by atoms with van der Waals surface area (Å²) in [6.07, 6.45) is 2.20. The number of ether oxygens (including phenoxy) is 1. The molecule has 0 radical (unpaired) electrons. The van der Waals surface area contributed by atoms with Crippen LogP contribution < -0.4 is 10.1 Å². The summed E-state index contributed by atoms with van der Waals surface area (Å²) >= 11 is 7.33. The first-order valence-corrected chi connectivity index (χ1v) is 9.85. The average molecular weight is 404 g/mol. The van der Waals surface area contributed by atoms with Gasteiger partial charge in [-0.15, -0.1) is 11.3 Å². The quantitative estimate of drug-likeness (QED) is 0.617. The van der Waals surface area contributed by atoms with E-state index in [4.69, 9.17) is 20.9 Å². The lowest BCUT2D eigenvalue weighted by Crippen LogP contribution is -2.42. The van der Waals surface area contributed by atoms with Gasteiger partial charge in [-0.1, -0.05) is 16.8 Å². The smallest absolute Gasteiger partial charge is 0.270 e. The number of nitrogens with one attached hydrogen (secondary N) is 1. The summed E-state index contributed by atoms with van der Waals surface area (Å²) in [4.78, 5) is 18.0. The van der Waals surface area contributed by atoms with Gasteiger partial charge >= 0.3 is 0 Å². The van der Waals surface area contributed by atoms with Crippen molar-refractivity contribution in [2.24, 2.45) is 0 Å². The van der Waals surface area contributed by atoms with Crippen LogP contribution in [0.5, 0.6) is 5.75 Å². The van der Waals surface area contributed by atoms with Crippen molar-refractivity contribution in [3.05, 3.63) is 46.6 Å². The molecule has 2 aromatic heterocycles. The molecule has 27 heavy (non-hydrogen) atoms. The molecule has 1 saturated carbocycles. The third-order valence-electron chi connectivity index (χ3n) is 4.23. The zero-order valence-electron chi connectivity index (χ0n) is 14.9. The zero-order valence-corrected chi connectivity index (χ0v) is 16.4. The molecule has 1 aliphatic carbocycles. The van der Waals surface area contributed by atoms with Crippen molar-refractivity contribution in [3.63, 3.8) is 0 Å². The molecule has 0 atom stereocenters. The minimum Gasteiger partial charge on any atom is -0.478 e. The largest absolute Gasteiger partial charge is 0.478 e. The Labute approximate surface area is 165 Å². The second-order valence-corrected chi connectivity index (χ2v) is 8.27. The fraction of sp³-hybridized carbons (Fsp3) is 0.316. The van der Waals surface area contributed by atoms with Crippen LogP contribution in [0.3, 0.4) is 0 Å². The van der Waals surface area contributed by atoms with Gasteiger partial charge in [-0.3, -0.25) is 4.79 Å². The number of anilines is 1. The van der Waals surface area contributed by atoms with Crippen LogP contribution in [0, 0.1) is 0 Å². The topological polar surface area (TPSA) is 77.2 Å². The number of amides is 1. The van der Waals surface area contributed by atoms with Crippen molar-refractivity contribution >= 4 is 34.5 Å². The SMILES string of the molecule is CC(C)(Oc1ccc(Cl)cc1)C(=O)Nc1ccsc1-c1nc(C2CC2)no1. The van der Waals surface area contributed by atoms with Crippen LogP contribution in [0.1, 0.15) is 38.4 Å². The lowest BCUT2D eigenvalue weighted by Gasteiger charge is -2.25. The van der Waals surface area contributed by atoms with Crippen LogP contribution in [0.2, 0.25) is 5.02 Å². The molecule has 0 spiro atoms. The van der Waals surface area contributed by atoms with E-state index in [1.165, 1.54) is 11.3 Å². The first-order valence-electron chi connectivity index (χ1n) is 8.60. The Hall–Kier alpha value is -2.38. The maximum absolute atomic E-state index is 12.8. The summed E-state index contributed by atoms with van der Waals surface area (Å²) in [6.45, 7) is 3.42. The van der Waals surface area contributed by atoms with Crippen LogP contribution in [0.25, 0.3) is 10.8 Å². The minimum absolute atomic E-state index is 0.279. The molecule has 0 bridgehead atoms. The molecule has 1 amide bonds. The highest BCUT2D eigenvalue weighted by atomic mass is 35.5. The zero-order chi connectivity index (χ0) is 19.0. The van der Waals surface area contributed by atoms with Crippen LogP contribution in [0.4, 0.5) is 5.69 Å². The molecule has 2 heterocycles. The highest BCUT2D eigenvalue weighted by Crippen LogP contribution is 2.40. The molecule has 0 aliphatic heterocycles. The number of rotatable bonds is 6. The van der Waals surface area contributed by atoms with Crippen LogP contribution in [0.15, 0.2) is 40.2 Å². The highest BCUT2D eigenvalue weighted by molar-refractivity contribution is 7.14. The number of hydrogen-bond acceptors (Lipinski definition) is 6. The molecule has 6 nitrogen and oxygen atoms in total. The predicted molar refractivity (Wildman–Crippen MR) is 104 cm³/mol. The number of carbonyl (C=O) groups excluding carboxylic acids is 1. The number of nitrogens with zero attached hydrogens (tertiary/aromatic N) is 2. The summed E-state index contributed by atoms with van der Waals surface area (Å²) in [5.74, 6) is 1.86. The van der Waals surface area contributed by atoms with Crippen molar-refractivity contribution in [1.29, 1.82) is 0 Å². The van der Waals surface area contributed by atoms with E-state index in [0.717, 1.165) is 23.5 Å². The second-order valence-electron chi connectivity index (χ2n) is 6.92. The number of thiophene rings is 1. The number of halogens is 1. The Bertz CT molecular complexity index is 961. The van der Waals surface area contributed by atoms with Gasteiger partial charge in [-0.2, -0.15) is 4.98 Å². The molecule has 1 N–H and O–H groups in total. The van der Waals surface area contributed by atoms with E-state index in [-0.39, 0.29) is 5.91 Å². The Morgan fingerprint density at radius 2 is 2.04 bits per heavy atom. The number of benzene rings is 1. The van der Waals surface area contributed by atoms with E-state index < -0.39 is 5.60 Å². The molecule has 1 aliphatic rings. The number of hydrogen-bond donors (Lipinski definition) is 1. The molecule has 1 fully saturated rings. The second kappa shape index (κ2) is 6.98. The van der Waals surface area contributed by atoms with Crippen LogP contribution >= 0.6 is 22.9 Å². The standard InChI is InChI=1S/C19H18ClN3O3S/c1-19(2,25-13-7-5-12(20)6-8-13)18(24)21-14-9-10-27-15(14)17-22-16(23-26-17)11-3-4-11/h5-11H,3-4H2,1-2H3,(H,21,24). The predicted octanol–water partition coefficient (Wildman–Crippen LogP) is 5.13. The maximum Gasteiger partial charge on any atom is 0.270 e. The van der Waals surface area contributed by atoms with Gasteiger partial charge in [-0.25, -0.2) is 0 Å². The average Bonchev–Trinajstić information content (AvgIpc) is 3.18. The fourth-order valence-corrected chi connectivity index (χ4v) is 3.42. The van der Waals surface area contributed by atoms with Gasteiger partial charge in [0.05, 0.1) is 5.69 Å². The van der Waals surface area contributed by atoms with Gasteiger partial charge in [0.25, 0.3) is 11.8 Å². The van der Waals surface area contributed by atoms with E-state index in [9.17, 15) is 4.79 Å². The first-order chi connectivity index (χ1) is 12.9. The number of carbonyl (C=O) groups is 1. The monoisotopic (exact) mass is 403 g/mol. The Morgan fingerprint density at radius 1 is 1.30 bits per heavy atom. The van der Waals surface area contributed by atoms with Gasteiger partial charge in [0.2, 0.25) is 0 Å².